The lowest BCUT2D eigenvalue weighted by Gasteiger charge is -2.24. The molecular weight excluding hydrogens is 400 g/mol. The normalized spacial score (nSPS) is 14.5. The number of nitriles is 1. The highest BCUT2D eigenvalue weighted by molar-refractivity contribution is 7.89. The van der Waals surface area contributed by atoms with Crippen LogP contribution in [-0.2, 0) is 10.0 Å². The number of rotatable bonds is 5. The molecule has 0 atom stereocenters. The molecule has 0 spiro atoms. The van der Waals surface area contributed by atoms with E-state index in [-0.39, 0.29) is 17.3 Å². The second-order valence-electron chi connectivity index (χ2n) is 6.84. The summed E-state index contributed by atoms with van der Waals surface area (Å²) in [5.41, 5.74) is 2.08. The number of sulfonamides is 1. The van der Waals surface area contributed by atoms with Gasteiger partial charge in [-0.1, -0.05) is 5.92 Å². The molecule has 2 aromatic carbocycles. The van der Waals surface area contributed by atoms with Gasteiger partial charge in [-0.05, 0) is 55.0 Å². The highest BCUT2D eigenvalue weighted by Gasteiger charge is 2.21. The molecule has 0 aliphatic carbocycles. The van der Waals surface area contributed by atoms with E-state index in [1.54, 1.807) is 17.0 Å². The lowest BCUT2D eigenvalue weighted by atomic mass is 10.2. The summed E-state index contributed by atoms with van der Waals surface area (Å²) >= 11 is 0. The molecule has 0 aromatic heterocycles. The number of benzene rings is 2. The Kier molecular flexibility index (Phi) is 6.73. The molecule has 154 valence electrons. The summed E-state index contributed by atoms with van der Waals surface area (Å²) in [5, 5.41) is 8.94. The number of carbonyl (C=O) groups is 1. The molecule has 1 heterocycles. The summed E-state index contributed by atoms with van der Waals surface area (Å²) in [6.45, 7) is 2.58. The summed E-state index contributed by atoms with van der Waals surface area (Å²) in [6.07, 6.45) is 5.90. The van der Waals surface area contributed by atoms with E-state index in [2.05, 4.69) is 21.6 Å². The standard InChI is InChI=1S/C22H22N4O3S/c1-2-12-24-30(28,29)21-10-6-19(7-11-21)22(27)26-14-3-13-25(15-16-26)20-8-4-18(17-23)5-9-20/h1,4-11,24H,3,12-16H2. The van der Waals surface area contributed by atoms with Gasteiger partial charge in [-0.3, -0.25) is 4.79 Å². The Bertz CT molecular complexity index is 1080. The van der Waals surface area contributed by atoms with Crippen LogP contribution in [0.5, 0.6) is 0 Å². The van der Waals surface area contributed by atoms with Gasteiger partial charge < -0.3 is 9.80 Å². The molecule has 0 unspecified atom stereocenters. The molecule has 7 nitrogen and oxygen atoms in total. The zero-order valence-corrected chi connectivity index (χ0v) is 17.2. The second kappa shape index (κ2) is 9.45. The minimum absolute atomic E-state index is 0.0668. The molecule has 0 radical (unpaired) electrons. The predicted molar refractivity (Wildman–Crippen MR) is 114 cm³/mol. The van der Waals surface area contributed by atoms with Gasteiger partial charge in [0.2, 0.25) is 10.0 Å². The van der Waals surface area contributed by atoms with E-state index < -0.39 is 10.0 Å². The number of hydrogen-bond acceptors (Lipinski definition) is 5. The van der Waals surface area contributed by atoms with Crippen LogP contribution in [0.15, 0.2) is 53.4 Å². The van der Waals surface area contributed by atoms with E-state index in [1.165, 1.54) is 24.3 Å². The Labute approximate surface area is 177 Å². The quantitative estimate of drug-likeness (QED) is 0.742. The van der Waals surface area contributed by atoms with Gasteiger partial charge in [-0.15, -0.1) is 6.42 Å². The van der Waals surface area contributed by atoms with Crippen LogP contribution in [0.1, 0.15) is 22.3 Å². The van der Waals surface area contributed by atoms with E-state index >= 15 is 0 Å². The number of amides is 1. The van der Waals surface area contributed by atoms with E-state index in [4.69, 9.17) is 11.7 Å². The van der Waals surface area contributed by atoms with Gasteiger partial charge in [-0.2, -0.15) is 9.98 Å². The lowest BCUT2D eigenvalue weighted by molar-refractivity contribution is 0.0767. The predicted octanol–water partition coefficient (Wildman–Crippen LogP) is 1.82. The van der Waals surface area contributed by atoms with Crippen LogP contribution in [0.4, 0.5) is 5.69 Å². The van der Waals surface area contributed by atoms with Crippen LogP contribution in [0.25, 0.3) is 0 Å². The molecule has 1 N–H and O–H groups in total. The number of carbonyl (C=O) groups excluding carboxylic acids is 1. The van der Waals surface area contributed by atoms with Crippen molar-refractivity contribution in [2.75, 3.05) is 37.6 Å². The fraction of sp³-hybridized carbons (Fsp3) is 0.273. The van der Waals surface area contributed by atoms with Crippen LogP contribution in [0.2, 0.25) is 0 Å². The maximum atomic E-state index is 12.9. The Morgan fingerprint density at radius 2 is 1.73 bits per heavy atom. The van der Waals surface area contributed by atoms with Crippen LogP contribution in [0, 0.1) is 23.7 Å². The van der Waals surface area contributed by atoms with Crippen LogP contribution in [-0.4, -0.2) is 51.9 Å². The molecule has 30 heavy (non-hydrogen) atoms. The van der Waals surface area contributed by atoms with E-state index in [9.17, 15) is 13.2 Å². The Morgan fingerprint density at radius 3 is 2.37 bits per heavy atom. The first-order valence-corrected chi connectivity index (χ1v) is 11.0. The van der Waals surface area contributed by atoms with Crippen molar-refractivity contribution in [2.24, 2.45) is 0 Å². The van der Waals surface area contributed by atoms with Crippen LogP contribution >= 0.6 is 0 Å². The van der Waals surface area contributed by atoms with Crippen molar-refractivity contribution in [2.45, 2.75) is 11.3 Å². The minimum Gasteiger partial charge on any atom is -0.370 e. The summed E-state index contributed by atoms with van der Waals surface area (Å²) in [4.78, 5) is 16.9. The third-order valence-corrected chi connectivity index (χ3v) is 6.34. The van der Waals surface area contributed by atoms with Crippen molar-refractivity contribution >= 4 is 21.6 Å². The van der Waals surface area contributed by atoms with Gasteiger partial charge in [0.25, 0.3) is 5.91 Å². The van der Waals surface area contributed by atoms with Gasteiger partial charge in [0.1, 0.15) is 0 Å². The number of terminal acetylenes is 1. The van der Waals surface area contributed by atoms with Crippen molar-refractivity contribution in [1.29, 1.82) is 5.26 Å². The van der Waals surface area contributed by atoms with Crippen molar-refractivity contribution in [3.63, 3.8) is 0 Å². The molecule has 0 bridgehead atoms. The van der Waals surface area contributed by atoms with E-state index in [1.807, 2.05) is 12.1 Å². The summed E-state index contributed by atoms with van der Waals surface area (Å²) in [6, 6.07) is 15.4. The molecule has 0 saturated carbocycles. The van der Waals surface area contributed by atoms with Crippen LogP contribution < -0.4 is 9.62 Å². The monoisotopic (exact) mass is 422 g/mol. The number of anilines is 1. The lowest BCUT2D eigenvalue weighted by Crippen LogP contribution is -2.35. The largest absolute Gasteiger partial charge is 0.370 e. The molecule has 3 rings (SSSR count). The number of hydrogen-bond donors (Lipinski definition) is 1. The van der Waals surface area contributed by atoms with Gasteiger partial charge in [0.05, 0.1) is 23.1 Å². The Hall–Kier alpha value is -3.33. The molecular formula is C22H22N4O3S. The molecule has 1 aliphatic heterocycles. The zero-order valence-electron chi connectivity index (χ0n) is 16.4. The Balaban J connectivity index is 1.66. The summed E-state index contributed by atoms with van der Waals surface area (Å²) in [5.74, 6) is 2.10. The van der Waals surface area contributed by atoms with Crippen molar-refractivity contribution in [3.8, 4) is 18.4 Å². The van der Waals surface area contributed by atoms with Gasteiger partial charge in [-0.25, -0.2) is 8.42 Å². The first-order valence-electron chi connectivity index (χ1n) is 9.52. The SMILES string of the molecule is C#CCNS(=O)(=O)c1ccc(C(=O)N2CCCN(c3ccc(C#N)cc3)CC2)cc1. The molecule has 1 fully saturated rings. The zero-order chi connectivity index (χ0) is 21.6. The van der Waals surface area contributed by atoms with E-state index in [0.717, 1.165) is 18.7 Å². The average Bonchev–Trinajstić information content (AvgIpc) is 3.04. The first-order chi connectivity index (χ1) is 14.4. The Morgan fingerprint density at radius 1 is 1.03 bits per heavy atom. The van der Waals surface area contributed by atoms with Gasteiger partial charge in [0.15, 0.2) is 0 Å². The number of nitrogens with zero attached hydrogens (tertiary/aromatic N) is 3. The average molecular weight is 423 g/mol. The van der Waals surface area contributed by atoms with Crippen molar-refractivity contribution < 1.29 is 13.2 Å². The fourth-order valence-corrected chi connectivity index (χ4v) is 4.24. The second-order valence-corrected chi connectivity index (χ2v) is 8.61. The third-order valence-electron chi connectivity index (χ3n) is 4.92. The molecule has 8 heteroatoms. The van der Waals surface area contributed by atoms with Gasteiger partial charge >= 0.3 is 0 Å². The number of nitrogens with one attached hydrogen (secondary N) is 1. The smallest absolute Gasteiger partial charge is 0.253 e. The summed E-state index contributed by atoms with van der Waals surface area (Å²) < 4.78 is 26.5. The maximum absolute atomic E-state index is 12.9. The van der Waals surface area contributed by atoms with Gasteiger partial charge in [0, 0.05) is 37.4 Å². The first kappa shape index (κ1) is 21.4. The molecule has 1 amide bonds. The fourth-order valence-electron chi connectivity index (χ4n) is 3.30. The molecule has 1 aliphatic rings. The highest BCUT2D eigenvalue weighted by atomic mass is 32.2. The van der Waals surface area contributed by atoms with E-state index in [0.29, 0.717) is 30.8 Å². The summed E-state index contributed by atoms with van der Waals surface area (Å²) in [7, 11) is -3.68. The maximum Gasteiger partial charge on any atom is 0.253 e. The van der Waals surface area contributed by atoms with Crippen LogP contribution in [0.3, 0.4) is 0 Å². The minimum atomic E-state index is -3.68. The molecule has 2 aromatic rings. The van der Waals surface area contributed by atoms with Crippen molar-refractivity contribution in [1.82, 2.24) is 9.62 Å². The third kappa shape index (κ3) is 4.98. The highest BCUT2D eigenvalue weighted by Crippen LogP contribution is 2.19. The van der Waals surface area contributed by atoms with Crippen molar-refractivity contribution in [3.05, 3.63) is 59.7 Å². The molecule has 1 saturated heterocycles. The topological polar surface area (TPSA) is 93.5 Å².